The standard InChI is InChI=1S/C12H15N3O3/c1-8(16)9-3-2-4-10(5-9)15-12(18)7-14-11(17)6-13/h2-5H,6-7,13H2,1H3,(H,14,17)(H,15,18). The Bertz CT molecular complexity index is 471. The summed E-state index contributed by atoms with van der Waals surface area (Å²) in [5.74, 6) is -0.859. The second-order valence-corrected chi connectivity index (χ2v) is 3.67. The average molecular weight is 249 g/mol. The molecule has 0 spiro atoms. The maximum Gasteiger partial charge on any atom is 0.243 e. The summed E-state index contributed by atoms with van der Waals surface area (Å²) >= 11 is 0. The zero-order valence-electron chi connectivity index (χ0n) is 10.0. The molecule has 0 aliphatic carbocycles. The summed E-state index contributed by atoms with van der Waals surface area (Å²) in [5, 5.41) is 4.92. The number of Topliss-reactive ketones (excluding diaryl/α,β-unsaturated/α-hetero) is 1. The zero-order chi connectivity index (χ0) is 13.5. The summed E-state index contributed by atoms with van der Waals surface area (Å²) in [6.07, 6.45) is 0. The maximum absolute atomic E-state index is 11.5. The van der Waals surface area contributed by atoms with Crippen LogP contribution in [-0.4, -0.2) is 30.7 Å². The topological polar surface area (TPSA) is 101 Å². The smallest absolute Gasteiger partial charge is 0.243 e. The molecule has 4 N–H and O–H groups in total. The normalized spacial score (nSPS) is 9.67. The van der Waals surface area contributed by atoms with E-state index in [4.69, 9.17) is 5.73 Å². The quantitative estimate of drug-likeness (QED) is 0.634. The van der Waals surface area contributed by atoms with E-state index in [1.54, 1.807) is 24.3 Å². The van der Waals surface area contributed by atoms with Crippen molar-refractivity contribution in [2.45, 2.75) is 6.92 Å². The van der Waals surface area contributed by atoms with Crippen LogP contribution < -0.4 is 16.4 Å². The van der Waals surface area contributed by atoms with E-state index in [2.05, 4.69) is 10.6 Å². The average Bonchev–Trinajstić information content (AvgIpc) is 2.36. The van der Waals surface area contributed by atoms with E-state index in [9.17, 15) is 14.4 Å². The first-order valence-corrected chi connectivity index (χ1v) is 5.40. The van der Waals surface area contributed by atoms with Crippen LogP contribution in [0.5, 0.6) is 0 Å². The molecule has 0 unspecified atom stereocenters. The highest BCUT2D eigenvalue weighted by atomic mass is 16.2. The minimum Gasteiger partial charge on any atom is -0.346 e. The molecule has 1 aromatic rings. The Morgan fingerprint density at radius 2 is 1.94 bits per heavy atom. The summed E-state index contributed by atoms with van der Waals surface area (Å²) in [6.45, 7) is 1.13. The van der Waals surface area contributed by atoms with Crippen LogP contribution in [0, 0.1) is 0 Å². The highest BCUT2D eigenvalue weighted by Crippen LogP contribution is 2.10. The van der Waals surface area contributed by atoms with Gasteiger partial charge in [0.2, 0.25) is 11.8 Å². The number of nitrogens with one attached hydrogen (secondary N) is 2. The van der Waals surface area contributed by atoms with Gasteiger partial charge in [-0.2, -0.15) is 0 Å². The molecular formula is C12H15N3O3. The van der Waals surface area contributed by atoms with Crippen molar-refractivity contribution >= 4 is 23.3 Å². The molecule has 6 nitrogen and oxygen atoms in total. The lowest BCUT2D eigenvalue weighted by atomic mass is 10.1. The minimum atomic E-state index is -0.400. The Morgan fingerprint density at radius 1 is 1.22 bits per heavy atom. The predicted octanol–water partition coefficient (Wildman–Crippen LogP) is -0.0974. The first kappa shape index (κ1) is 13.9. The third-order valence-electron chi connectivity index (χ3n) is 2.18. The molecule has 0 fully saturated rings. The number of anilines is 1. The number of nitrogens with two attached hydrogens (primary N) is 1. The monoisotopic (exact) mass is 249 g/mol. The van der Waals surface area contributed by atoms with Crippen molar-refractivity contribution in [2.75, 3.05) is 18.4 Å². The van der Waals surface area contributed by atoms with Crippen LogP contribution in [0.15, 0.2) is 24.3 Å². The van der Waals surface area contributed by atoms with E-state index in [1.807, 2.05) is 0 Å². The molecule has 0 aromatic heterocycles. The molecule has 0 radical (unpaired) electrons. The van der Waals surface area contributed by atoms with Gasteiger partial charge in [-0.1, -0.05) is 12.1 Å². The van der Waals surface area contributed by atoms with Gasteiger partial charge in [0.05, 0.1) is 13.1 Å². The first-order chi connectivity index (χ1) is 8.52. The van der Waals surface area contributed by atoms with Crippen LogP contribution in [-0.2, 0) is 9.59 Å². The summed E-state index contributed by atoms with van der Waals surface area (Å²) in [5.41, 5.74) is 6.10. The van der Waals surface area contributed by atoms with Gasteiger partial charge < -0.3 is 16.4 Å². The van der Waals surface area contributed by atoms with Crippen molar-refractivity contribution in [3.63, 3.8) is 0 Å². The van der Waals surface area contributed by atoms with E-state index in [-0.39, 0.29) is 24.8 Å². The van der Waals surface area contributed by atoms with E-state index in [0.29, 0.717) is 11.3 Å². The van der Waals surface area contributed by atoms with Crippen molar-refractivity contribution in [1.29, 1.82) is 0 Å². The molecule has 1 aromatic carbocycles. The lowest BCUT2D eigenvalue weighted by molar-refractivity contribution is -0.123. The van der Waals surface area contributed by atoms with Gasteiger partial charge in [0.15, 0.2) is 5.78 Å². The lowest BCUT2D eigenvalue weighted by Gasteiger charge is -2.07. The van der Waals surface area contributed by atoms with Crippen molar-refractivity contribution in [3.05, 3.63) is 29.8 Å². The van der Waals surface area contributed by atoms with Gasteiger partial charge in [0.1, 0.15) is 0 Å². The molecular weight excluding hydrogens is 234 g/mol. The maximum atomic E-state index is 11.5. The van der Waals surface area contributed by atoms with Gasteiger partial charge in [0, 0.05) is 11.3 Å². The molecule has 6 heteroatoms. The molecule has 0 saturated heterocycles. The number of carbonyl (C=O) groups is 3. The number of hydrogen-bond donors (Lipinski definition) is 3. The van der Waals surface area contributed by atoms with Gasteiger partial charge in [-0.05, 0) is 19.1 Å². The van der Waals surface area contributed by atoms with Gasteiger partial charge >= 0.3 is 0 Å². The number of ketones is 1. The number of amides is 2. The fourth-order valence-corrected chi connectivity index (χ4v) is 1.27. The zero-order valence-corrected chi connectivity index (χ0v) is 10.0. The van der Waals surface area contributed by atoms with Gasteiger partial charge in [-0.3, -0.25) is 14.4 Å². The van der Waals surface area contributed by atoms with Crippen LogP contribution in [0.4, 0.5) is 5.69 Å². The molecule has 0 bridgehead atoms. The molecule has 0 atom stereocenters. The highest BCUT2D eigenvalue weighted by molar-refractivity contribution is 5.98. The molecule has 0 heterocycles. The summed E-state index contributed by atoms with van der Waals surface area (Å²) in [7, 11) is 0. The molecule has 0 saturated carbocycles. The van der Waals surface area contributed by atoms with Gasteiger partial charge in [-0.15, -0.1) is 0 Å². The third-order valence-corrected chi connectivity index (χ3v) is 2.18. The number of rotatable bonds is 5. The van der Waals surface area contributed by atoms with Crippen LogP contribution in [0.2, 0.25) is 0 Å². The minimum absolute atomic E-state index is 0.0810. The summed E-state index contributed by atoms with van der Waals surface area (Å²) in [4.78, 5) is 33.5. The SMILES string of the molecule is CC(=O)c1cccc(NC(=O)CNC(=O)CN)c1. The first-order valence-electron chi connectivity index (χ1n) is 5.40. The van der Waals surface area contributed by atoms with Gasteiger partial charge in [-0.25, -0.2) is 0 Å². The van der Waals surface area contributed by atoms with Crippen LogP contribution in [0.1, 0.15) is 17.3 Å². The Hall–Kier alpha value is -2.21. The Kier molecular flexibility index (Phi) is 5.01. The molecule has 0 aliphatic heterocycles. The molecule has 0 aliphatic rings. The lowest BCUT2D eigenvalue weighted by Crippen LogP contribution is -2.36. The van der Waals surface area contributed by atoms with E-state index >= 15 is 0 Å². The molecule has 96 valence electrons. The Balaban J connectivity index is 2.56. The van der Waals surface area contributed by atoms with Crippen LogP contribution >= 0.6 is 0 Å². The second-order valence-electron chi connectivity index (χ2n) is 3.67. The highest BCUT2D eigenvalue weighted by Gasteiger charge is 2.06. The van der Waals surface area contributed by atoms with Crippen LogP contribution in [0.3, 0.4) is 0 Å². The van der Waals surface area contributed by atoms with Crippen molar-refractivity contribution < 1.29 is 14.4 Å². The Labute approximate surface area is 105 Å². The van der Waals surface area contributed by atoms with E-state index in [0.717, 1.165) is 0 Å². The Morgan fingerprint density at radius 3 is 2.56 bits per heavy atom. The van der Waals surface area contributed by atoms with E-state index < -0.39 is 5.91 Å². The molecule has 2 amide bonds. The largest absolute Gasteiger partial charge is 0.346 e. The fourth-order valence-electron chi connectivity index (χ4n) is 1.27. The molecule has 1 rings (SSSR count). The summed E-state index contributed by atoms with van der Waals surface area (Å²) < 4.78 is 0. The van der Waals surface area contributed by atoms with E-state index in [1.165, 1.54) is 6.92 Å². The van der Waals surface area contributed by atoms with Crippen molar-refractivity contribution in [3.8, 4) is 0 Å². The van der Waals surface area contributed by atoms with Gasteiger partial charge in [0.25, 0.3) is 0 Å². The predicted molar refractivity (Wildman–Crippen MR) is 67.1 cm³/mol. The molecule has 18 heavy (non-hydrogen) atoms. The fraction of sp³-hybridized carbons (Fsp3) is 0.250. The third kappa shape index (κ3) is 4.34. The number of carbonyl (C=O) groups excluding carboxylic acids is 3. The van der Waals surface area contributed by atoms with Crippen molar-refractivity contribution in [2.24, 2.45) is 5.73 Å². The summed E-state index contributed by atoms with van der Waals surface area (Å²) in [6, 6.07) is 6.57. The number of hydrogen-bond acceptors (Lipinski definition) is 4. The number of benzene rings is 1. The second kappa shape index (κ2) is 6.51. The van der Waals surface area contributed by atoms with Crippen LogP contribution in [0.25, 0.3) is 0 Å². The van der Waals surface area contributed by atoms with Crippen molar-refractivity contribution in [1.82, 2.24) is 5.32 Å².